The number of allylic oxidation sites excluding steroid dienone is 2. The maximum atomic E-state index is 11.2. The second kappa shape index (κ2) is 7.34. The Labute approximate surface area is 127 Å². The van der Waals surface area contributed by atoms with E-state index in [-0.39, 0.29) is 17.9 Å². The third kappa shape index (κ3) is 5.29. The largest absolute Gasteiger partial charge is 0.350 e. The Morgan fingerprint density at radius 2 is 2.00 bits per heavy atom. The smallest absolute Gasteiger partial charge is 0.217 e. The third-order valence-corrected chi connectivity index (χ3v) is 3.62. The highest BCUT2D eigenvalue weighted by molar-refractivity contribution is 6.01. The summed E-state index contributed by atoms with van der Waals surface area (Å²) in [4.78, 5) is 11.2. The second-order valence-corrected chi connectivity index (χ2v) is 6.34. The number of hydrogen-bond acceptors (Lipinski definition) is 3. The van der Waals surface area contributed by atoms with Gasteiger partial charge in [-0.15, -0.1) is 0 Å². The van der Waals surface area contributed by atoms with E-state index in [0.717, 1.165) is 17.6 Å². The van der Waals surface area contributed by atoms with Gasteiger partial charge in [-0.2, -0.15) is 0 Å². The number of rotatable bonds is 6. The predicted molar refractivity (Wildman–Crippen MR) is 88.1 cm³/mol. The van der Waals surface area contributed by atoms with Crippen LogP contribution < -0.4 is 5.32 Å². The molecule has 0 aromatic heterocycles. The second-order valence-electron chi connectivity index (χ2n) is 6.34. The molecule has 0 saturated heterocycles. The minimum atomic E-state index is -0.0878. The summed E-state index contributed by atoms with van der Waals surface area (Å²) in [5, 5.41) is 19.1. The lowest BCUT2D eigenvalue weighted by Gasteiger charge is -2.25. The van der Waals surface area contributed by atoms with Crippen LogP contribution >= 0.6 is 0 Å². The molecule has 0 heterocycles. The molecule has 3 N–H and O–H groups in total. The van der Waals surface area contributed by atoms with Gasteiger partial charge in [0.15, 0.2) is 0 Å². The van der Waals surface area contributed by atoms with Crippen molar-refractivity contribution in [2.45, 2.75) is 53.5 Å². The molecule has 0 saturated carbocycles. The van der Waals surface area contributed by atoms with Crippen molar-refractivity contribution in [2.75, 3.05) is 0 Å². The monoisotopic (exact) mass is 289 g/mol. The topological polar surface area (TPSA) is 76.8 Å². The molecule has 116 valence electrons. The molecular weight excluding hydrogens is 262 g/mol. The molecule has 0 fully saturated rings. The van der Waals surface area contributed by atoms with E-state index in [2.05, 4.69) is 25.2 Å². The zero-order valence-corrected chi connectivity index (χ0v) is 13.7. The molecule has 0 bridgehead atoms. The molecule has 0 aromatic rings. The Hall–Kier alpha value is -1.71. The summed E-state index contributed by atoms with van der Waals surface area (Å²) < 4.78 is 0. The van der Waals surface area contributed by atoms with E-state index >= 15 is 0 Å². The number of hydrogen-bond donors (Lipinski definition) is 3. The molecule has 0 radical (unpaired) electrons. The van der Waals surface area contributed by atoms with E-state index in [0.29, 0.717) is 23.8 Å². The summed E-state index contributed by atoms with van der Waals surface area (Å²) in [6, 6.07) is -0.0878. The van der Waals surface area contributed by atoms with Gasteiger partial charge in [-0.05, 0) is 49.8 Å². The highest BCUT2D eigenvalue weighted by Crippen LogP contribution is 2.26. The number of carbonyl (C=O) groups excluding carboxylic acids is 1. The van der Waals surface area contributed by atoms with Crippen LogP contribution in [0.1, 0.15) is 47.5 Å². The molecular formula is C17H27N3O. The van der Waals surface area contributed by atoms with Gasteiger partial charge in [0, 0.05) is 24.3 Å². The zero-order chi connectivity index (χ0) is 16.2. The van der Waals surface area contributed by atoms with E-state index in [1.807, 2.05) is 19.9 Å². The molecule has 1 rings (SSSR count). The standard InChI is InChI=1S/C17H27N3O/c1-10(2)6-15(18)8-14-7-11(3)16(9-17(14)19)12(4)20-13(5)21/h7,9-10,12,14,18-19H,6,8H2,1-5H3,(H,20,21)/t12-,14?/m0/s1. The van der Waals surface area contributed by atoms with Gasteiger partial charge in [0.05, 0.1) is 6.04 Å². The molecule has 0 spiro atoms. The van der Waals surface area contributed by atoms with Crippen LogP contribution in [0.4, 0.5) is 0 Å². The molecule has 4 nitrogen and oxygen atoms in total. The molecule has 1 aliphatic rings. The number of carbonyl (C=O) groups is 1. The van der Waals surface area contributed by atoms with E-state index < -0.39 is 0 Å². The Bertz CT molecular complexity index is 500. The fraction of sp³-hybridized carbons (Fsp3) is 0.588. The Morgan fingerprint density at radius 1 is 1.38 bits per heavy atom. The molecule has 4 heteroatoms. The van der Waals surface area contributed by atoms with Crippen molar-refractivity contribution in [1.82, 2.24) is 5.32 Å². The van der Waals surface area contributed by atoms with Crippen LogP contribution in [0.2, 0.25) is 0 Å². The summed E-state index contributed by atoms with van der Waals surface area (Å²) >= 11 is 0. The fourth-order valence-corrected chi connectivity index (χ4v) is 2.74. The van der Waals surface area contributed by atoms with Gasteiger partial charge in [-0.3, -0.25) is 4.79 Å². The minimum Gasteiger partial charge on any atom is -0.350 e. The Kier molecular flexibility index (Phi) is 6.06. The van der Waals surface area contributed by atoms with Gasteiger partial charge < -0.3 is 16.1 Å². The summed E-state index contributed by atoms with van der Waals surface area (Å²) in [6.45, 7) is 9.65. The zero-order valence-electron chi connectivity index (χ0n) is 13.7. The third-order valence-electron chi connectivity index (χ3n) is 3.62. The van der Waals surface area contributed by atoms with Crippen LogP contribution in [0.15, 0.2) is 23.3 Å². The molecule has 0 aliphatic heterocycles. The summed E-state index contributed by atoms with van der Waals surface area (Å²) in [5.41, 5.74) is 3.31. The van der Waals surface area contributed by atoms with Gasteiger partial charge in [-0.1, -0.05) is 19.9 Å². The first-order valence-electron chi connectivity index (χ1n) is 7.53. The normalized spacial score (nSPS) is 19.9. The van der Waals surface area contributed by atoms with Gasteiger partial charge in [-0.25, -0.2) is 0 Å². The van der Waals surface area contributed by atoms with Gasteiger partial charge >= 0.3 is 0 Å². The first-order valence-corrected chi connectivity index (χ1v) is 7.53. The lowest BCUT2D eigenvalue weighted by atomic mass is 9.83. The van der Waals surface area contributed by atoms with Crippen LogP contribution in [0, 0.1) is 22.7 Å². The predicted octanol–water partition coefficient (Wildman–Crippen LogP) is 3.49. The fourth-order valence-electron chi connectivity index (χ4n) is 2.74. The van der Waals surface area contributed by atoms with Gasteiger partial charge in [0.25, 0.3) is 0 Å². The first kappa shape index (κ1) is 17.3. The summed E-state index contributed by atoms with van der Waals surface area (Å²) in [5.74, 6) is 0.402. The number of amides is 1. The molecule has 1 aliphatic carbocycles. The molecule has 0 aromatic carbocycles. The minimum absolute atomic E-state index is 0.00970. The average molecular weight is 289 g/mol. The van der Waals surface area contributed by atoms with Crippen LogP contribution in [0.3, 0.4) is 0 Å². The van der Waals surface area contributed by atoms with Crippen molar-refractivity contribution in [3.63, 3.8) is 0 Å². The van der Waals surface area contributed by atoms with Crippen LogP contribution in [0.25, 0.3) is 0 Å². The summed E-state index contributed by atoms with van der Waals surface area (Å²) in [6.07, 6.45) is 5.32. The van der Waals surface area contributed by atoms with Crippen LogP contribution in [-0.4, -0.2) is 23.4 Å². The summed E-state index contributed by atoms with van der Waals surface area (Å²) in [7, 11) is 0. The highest BCUT2D eigenvalue weighted by atomic mass is 16.1. The molecule has 1 unspecified atom stereocenters. The Balaban J connectivity index is 2.77. The molecule has 1 amide bonds. The van der Waals surface area contributed by atoms with Crippen molar-refractivity contribution in [1.29, 1.82) is 10.8 Å². The maximum absolute atomic E-state index is 11.2. The van der Waals surface area contributed by atoms with Crippen molar-refractivity contribution in [3.05, 3.63) is 23.3 Å². The van der Waals surface area contributed by atoms with Gasteiger partial charge in [0.1, 0.15) is 0 Å². The average Bonchev–Trinajstić information content (AvgIpc) is 2.31. The lowest BCUT2D eigenvalue weighted by Crippen LogP contribution is -2.34. The van der Waals surface area contributed by atoms with Crippen molar-refractivity contribution < 1.29 is 4.79 Å². The number of nitrogens with one attached hydrogen (secondary N) is 3. The van der Waals surface area contributed by atoms with E-state index in [1.54, 1.807) is 0 Å². The van der Waals surface area contributed by atoms with Crippen molar-refractivity contribution >= 4 is 17.3 Å². The lowest BCUT2D eigenvalue weighted by molar-refractivity contribution is -0.119. The maximum Gasteiger partial charge on any atom is 0.217 e. The van der Waals surface area contributed by atoms with E-state index in [1.165, 1.54) is 6.92 Å². The first-order chi connectivity index (χ1) is 9.70. The SMILES string of the molecule is CC(=O)N[C@@H](C)C1=CC(=N)C(CC(=N)CC(C)C)C=C1C. The molecule has 21 heavy (non-hydrogen) atoms. The highest BCUT2D eigenvalue weighted by Gasteiger charge is 2.22. The van der Waals surface area contributed by atoms with Crippen molar-refractivity contribution in [2.24, 2.45) is 11.8 Å². The van der Waals surface area contributed by atoms with Crippen LogP contribution in [0.5, 0.6) is 0 Å². The van der Waals surface area contributed by atoms with Gasteiger partial charge in [0.2, 0.25) is 5.91 Å². The van der Waals surface area contributed by atoms with E-state index in [4.69, 9.17) is 10.8 Å². The van der Waals surface area contributed by atoms with Crippen LogP contribution in [-0.2, 0) is 4.79 Å². The van der Waals surface area contributed by atoms with E-state index in [9.17, 15) is 4.79 Å². The molecule has 2 atom stereocenters. The van der Waals surface area contributed by atoms with Crippen molar-refractivity contribution in [3.8, 4) is 0 Å². The quantitative estimate of drug-likeness (QED) is 0.643. The Morgan fingerprint density at radius 3 is 2.52 bits per heavy atom.